The Balaban J connectivity index is 1.09. The van der Waals surface area contributed by atoms with Crippen molar-refractivity contribution in [1.29, 1.82) is 0 Å². The van der Waals surface area contributed by atoms with E-state index in [4.69, 9.17) is 0 Å². The lowest BCUT2D eigenvalue weighted by molar-refractivity contribution is 0.794. The van der Waals surface area contributed by atoms with Crippen molar-refractivity contribution in [2.24, 2.45) is 0 Å². The maximum absolute atomic E-state index is 2.61. The van der Waals surface area contributed by atoms with Gasteiger partial charge in [0.25, 0.3) is 0 Å². The molecule has 13 aromatic carbocycles. The van der Waals surface area contributed by atoms with Gasteiger partial charge in [0.15, 0.2) is 0 Å². The summed E-state index contributed by atoms with van der Waals surface area (Å²) in [7, 11) is 0. The van der Waals surface area contributed by atoms with E-state index in [9.17, 15) is 0 Å². The molecule has 0 bridgehead atoms. The standard InChI is InChI=1S/C71H44N2/c1-3-20-45(21-4-1)59-43-61-57-32-15-18-36-65(57)71(63-34-16-13-30-55(63)56-31-14-17-35-64(56)71)66(61)44-69(59)72(49-38-39-54-52-28-10-9-26-50(52)51-27-11-12-29-53(51)60(54)42-49)67-37-19-33-58-62-40-46-22-7-8-23-47(46)41-68(62)73(70(58)67)48-24-5-2-6-25-48/h1-44H. The lowest BCUT2D eigenvalue weighted by Gasteiger charge is -2.34. The van der Waals surface area contributed by atoms with Crippen LogP contribution in [0, 0.1) is 0 Å². The summed E-state index contributed by atoms with van der Waals surface area (Å²) in [5, 5.41) is 12.4. The lowest BCUT2D eigenvalue weighted by Crippen LogP contribution is -2.26. The zero-order chi connectivity index (χ0) is 47.8. The van der Waals surface area contributed by atoms with Gasteiger partial charge < -0.3 is 9.47 Å². The second-order valence-corrected chi connectivity index (χ2v) is 19.9. The van der Waals surface area contributed by atoms with Crippen LogP contribution in [0.5, 0.6) is 0 Å². The molecule has 1 spiro atoms. The van der Waals surface area contributed by atoms with Gasteiger partial charge in [0.05, 0.1) is 27.8 Å². The van der Waals surface area contributed by atoms with Gasteiger partial charge in [-0.05, 0) is 148 Å². The molecule has 0 saturated carbocycles. The fourth-order valence-electron chi connectivity index (χ4n) is 13.4. The molecule has 0 unspecified atom stereocenters. The molecule has 2 aliphatic rings. The fraction of sp³-hybridized carbons (Fsp3) is 0.0141. The van der Waals surface area contributed by atoms with Crippen LogP contribution < -0.4 is 4.90 Å². The highest BCUT2D eigenvalue weighted by Crippen LogP contribution is 2.64. The van der Waals surface area contributed by atoms with Gasteiger partial charge in [0.2, 0.25) is 0 Å². The van der Waals surface area contributed by atoms with Crippen molar-refractivity contribution in [1.82, 2.24) is 4.57 Å². The number of benzene rings is 13. The van der Waals surface area contributed by atoms with Gasteiger partial charge in [-0.25, -0.2) is 0 Å². The van der Waals surface area contributed by atoms with Crippen molar-refractivity contribution in [3.63, 3.8) is 0 Å². The zero-order valence-electron chi connectivity index (χ0n) is 39.8. The number of para-hydroxylation sites is 2. The molecular formula is C71H44N2. The highest BCUT2D eigenvalue weighted by atomic mass is 15.2. The normalized spacial score (nSPS) is 13.0. The molecule has 2 aliphatic carbocycles. The van der Waals surface area contributed by atoms with Crippen LogP contribution in [0.2, 0.25) is 0 Å². The third kappa shape index (κ3) is 5.52. The van der Waals surface area contributed by atoms with Crippen LogP contribution in [0.3, 0.4) is 0 Å². The van der Waals surface area contributed by atoms with Gasteiger partial charge in [-0.15, -0.1) is 0 Å². The molecule has 0 saturated heterocycles. The Hall–Kier alpha value is -9.50. The van der Waals surface area contributed by atoms with E-state index in [0.29, 0.717) is 0 Å². The topological polar surface area (TPSA) is 8.17 Å². The first-order valence-electron chi connectivity index (χ1n) is 25.4. The third-order valence-electron chi connectivity index (χ3n) is 16.3. The SMILES string of the molecule is c1ccc(-c2cc3c(cc2N(c2ccc4c5ccccc5c5ccccc5c4c2)c2cccc4c5cc6ccccc6cc5n(-c5ccccc5)c24)C2(c4ccccc4-c4ccccc42)c2ccccc2-3)cc1. The summed E-state index contributed by atoms with van der Waals surface area (Å²) in [6, 6.07) is 100. The molecule has 2 heteroatoms. The van der Waals surface area contributed by atoms with Crippen molar-refractivity contribution in [2.45, 2.75) is 5.41 Å². The summed E-state index contributed by atoms with van der Waals surface area (Å²) in [6.45, 7) is 0. The molecule has 14 aromatic rings. The zero-order valence-corrected chi connectivity index (χ0v) is 39.8. The first-order chi connectivity index (χ1) is 36.2. The first-order valence-corrected chi connectivity index (χ1v) is 25.4. The van der Waals surface area contributed by atoms with Crippen LogP contribution in [0.4, 0.5) is 17.1 Å². The largest absolute Gasteiger partial charge is 0.308 e. The molecule has 2 nitrogen and oxygen atoms in total. The first kappa shape index (κ1) is 40.3. The molecule has 0 atom stereocenters. The van der Waals surface area contributed by atoms with E-state index in [1.165, 1.54) is 109 Å². The van der Waals surface area contributed by atoms with Crippen LogP contribution in [0.15, 0.2) is 267 Å². The van der Waals surface area contributed by atoms with Crippen LogP contribution in [-0.2, 0) is 5.41 Å². The van der Waals surface area contributed by atoms with Crippen LogP contribution in [-0.4, -0.2) is 4.57 Å². The van der Waals surface area contributed by atoms with Crippen molar-refractivity contribution in [2.75, 3.05) is 4.90 Å². The molecule has 0 aliphatic heterocycles. The Kier molecular flexibility index (Phi) is 8.41. The summed E-state index contributed by atoms with van der Waals surface area (Å²) < 4.78 is 2.51. The third-order valence-corrected chi connectivity index (χ3v) is 16.3. The summed E-state index contributed by atoms with van der Waals surface area (Å²) in [5.74, 6) is 0. The van der Waals surface area contributed by atoms with Gasteiger partial charge in [0.1, 0.15) is 0 Å². The van der Waals surface area contributed by atoms with E-state index in [2.05, 4.69) is 276 Å². The second-order valence-electron chi connectivity index (χ2n) is 19.9. The van der Waals surface area contributed by atoms with Crippen LogP contribution >= 0.6 is 0 Å². The van der Waals surface area contributed by atoms with E-state index < -0.39 is 5.41 Å². The summed E-state index contributed by atoms with van der Waals surface area (Å²) in [6.07, 6.45) is 0. The van der Waals surface area contributed by atoms with Gasteiger partial charge in [0, 0.05) is 27.7 Å². The van der Waals surface area contributed by atoms with Crippen molar-refractivity contribution < 1.29 is 0 Å². The molecule has 0 N–H and O–H groups in total. The minimum Gasteiger partial charge on any atom is -0.308 e. The number of rotatable bonds is 5. The van der Waals surface area contributed by atoms with E-state index >= 15 is 0 Å². The highest BCUT2D eigenvalue weighted by molar-refractivity contribution is 6.26. The number of hydrogen-bond donors (Lipinski definition) is 0. The van der Waals surface area contributed by atoms with Gasteiger partial charge in [-0.1, -0.05) is 212 Å². The molecule has 0 amide bonds. The second kappa shape index (κ2) is 15.3. The Morgan fingerprint density at radius 1 is 0.288 bits per heavy atom. The number of fused-ring (bicyclic) bond motifs is 20. The molecular weight excluding hydrogens is 881 g/mol. The fourth-order valence-corrected chi connectivity index (χ4v) is 13.4. The smallest absolute Gasteiger partial charge is 0.0782 e. The average Bonchev–Trinajstić information content (AvgIpc) is 4.06. The Morgan fingerprint density at radius 2 is 0.795 bits per heavy atom. The molecule has 1 heterocycles. The Morgan fingerprint density at radius 3 is 1.44 bits per heavy atom. The van der Waals surface area contributed by atoms with Crippen LogP contribution in [0.25, 0.3) is 104 Å². The van der Waals surface area contributed by atoms with Crippen molar-refractivity contribution in [3.8, 4) is 39.1 Å². The minimum atomic E-state index is -0.543. The molecule has 1 aromatic heterocycles. The molecule has 16 rings (SSSR count). The Bertz CT molecular complexity index is 4540. The minimum absolute atomic E-state index is 0.543. The van der Waals surface area contributed by atoms with Gasteiger partial charge in [-0.3, -0.25) is 0 Å². The van der Waals surface area contributed by atoms with E-state index in [1.807, 2.05) is 0 Å². The number of anilines is 3. The van der Waals surface area contributed by atoms with Gasteiger partial charge in [-0.2, -0.15) is 0 Å². The summed E-state index contributed by atoms with van der Waals surface area (Å²) in [4.78, 5) is 2.61. The maximum atomic E-state index is 2.61. The molecule has 73 heavy (non-hydrogen) atoms. The predicted octanol–water partition coefficient (Wildman–Crippen LogP) is 18.9. The Labute approximate surface area is 422 Å². The molecule has 0 radical (unpaired) electrons. The van der Waals surface area contributed by atoms with Crippen molar-refractivity contribution in [3.05, 3.63) is 289 Å². The number of hydrogen-bond acceptors (Lipinski definition) is 1. The average molecular weight is 925 g/mol. The summed E-state index contributed by atoms with van der Waals surface area (Å²) >= 11 is 0. The van der Waals surface area contributed by atoms with E-state index in [0.717, 1.165) is 33.8 Å². The monoisotopic (exact) mass is 924 g/mol. The predicted molar refractivity (Wildman–Crippen MR) is 307 cm³/mol. The maximum Gasteiger partial charge on any atom is 0.0782 e. The molecule has 338 valence electrons. The highest BCUT2D eigenvalue weighted by Gasteiger charge is 2.52. The van der Waals surface area contributed by atoms with Crippen molar-refractivity contribution >= 4 is 82.0 Å². The van der Waals surface area contributed by atoms with Crippen LogP contribution in [0.1, 0.15) is 22.3 Å². The molecule has 0 fully saturated rings. The quantitative estimate of drug-likeness (QED) is 0.156. The number of nitrogens with zero attached hydrogens (tertiary/aromatic N) is 2. The van der Waals surface area contributed by atoms with E-state index in [1.54, 1.807) is 0 Å². The van der Waals surface area contributed by atoms with E-state index in [-0.39, 0.29) is 0 Å². The van der Waals surface area contributed by atoms with Gasteiger partial charge >= 0.3 is 0 Å². The summed E-state index contributed by atoms with van der Waals surface area (Å²) in [5.41, 5.74) is 18.9. The lowest BCUT2D eigenvalue weighted by atomic mass is 9.70. The number of aromatic nitrogens is 1.